The fraction of sp³-hybridized carbons (Fsp3) is 0.438. The molecule has 1 N–H and O–H groups in total. The molecule has 0 spiro atoms. The second-order valence-corrected chi connectivity index (χ2v) is 6.24. The van der Waals surface area contributed by atoms with Crippen LogP contribution in [0.2, 0.25) is 0 Å². The van der Waals surface area contributed by atoms with E-state index in [-0.39, 0.29) is 18.1 Å². The summed E-state index contributed by atoms with van der Waals surface area (Å²) in [4.78, 5) is 13.6. The third-order valence-electron chi connectivity index (χ3n) is 4.18. The number of carbonyl (C=O) groups excluding carboxylic acids is 1. The van der Waals surface area contributed by atoms with Crippen LogP contribution in [0.5, 0.6) is 0 Å². The van der Waals surface area contributed by atoms with Crippen molar-refractivity contribution in [3.05, 3.63) is 41.6 Å². The molecule has 1 aliphatic rings. The van der Waals surface area contributed by atoms with Gasteiger partial charge in [-0.1, -0.05) is 6.07 Å². The maximum Gasteiger partial charge on any atom is 0.470 e. The summed E-state index contributed by atoms with van der Waals surface area (Å²) in [5.41, 5.74) is -0.952. The summed E-state index contributed by atoms with van der Waals surface area (Å²) < 4.78 is 80.7. The van der Waals surface area contributed by atoms with Crippen molar-refractivity contribution < 1.29 is 35.6 Å². The van der Waals surface area contributed by atoms with Crippen LogP contribution in [0.3, 0.4) is 0 Å². The summed E-state index contributed by atoms with van der Waals surface area (Å²) in [7, 11) is 0. The Morgan fingerprint density at radius 2 is 1.89 bits per heavy atom. The van der Waals surface area contributed by atoms with Gasteiger partial charge in [0.05, 0.1) is 11.5 Å². The molecule has 2 aromatic rings. The van der Waals surface area contributed by atoms with Crippen molar-refractivity contribution in [3.63, 3.8) is 0 Å². The normalized spacial score (nSPS) is 18.2. The lowest BCUT2D eigenvalue weighted by Gasteiger charge is -2.31. The maximum absolute atomic E-state index is 12.8. The lowest BCUT2D eigenvalue weighted by atomic mass is 9.98. The first-order chi connectivity index (χ1) is 13.0. The molecule has 0 unspecified atom stereocenters. The fourth-order valence-corrected chi connectivity index (χ4v) is 2.85. The Bertz CT molecular complexity index is 848. The summed E-state index contributed by atoms with van der Waals surface area (Å²) in [6.45, 7) is 0.297. The minimum atomic E-state index is -4.76. The average Bonchev–Trinajstić information content (AvgIpc) is 3.12. The zero-order valence-corrected chi connectivity index (χ0v) is 14.1. The zero-order valence-electron chi connectivity index (χ0n) is 14.1. The number of likely N-dealkylation sites (tertiary alicyclic amines) is 1. The smallest absolute Gasteiger partial charge is 0.417 e. The van der Waals surface area contributed by atoms with Crippen LogP contribution in [0.1, 0.15) is 36.1 Å². The van der Waals surface area contributed by atoms with Crippen molar-refractivity contribution in [2.24, 2.45) is 0 Å². The van der Waals surface area contributed by atoms with Crippen LogP contribution in [-0.4, -0.2) is 34.2 Å². The molecule has 1 aliphatic heterocycles. The molecule has 152 valence electrons. The van der Waals surface area contributed by atoms with Gasteiger partial charge < -0.3 is 14.6 Å². The van der Waals surface area contributed by atoms with Gasteiger partial charge in [0.25, 0.3) is 0 Å². The van der Waals surface area contributed by atoms with E-state index in [4.69, 9.17) is 0 Å². The van der Waals surface area contributed by atoms with Crippen LogP contribution in [0, 0.1) is 0 Å². The number of anilines is 1. The molecule has 0 aliphatic carbocycles. The minimum Gasteiger partial charge on any atom is -0.417 e. The first-order valence-corrected chi connectivity index (χ1v) is 8.18. The molecule has 2 amide bonds. The van der Waals surface area contributed by atoms with Crippen LogP contribution >= 0.6 is 0 Å². The summed E-state index contributed by atoms with van der Waals surface area (Å²) in [5.74, 6) is -2.29. The van der Waals surface area contributed by atoms with Gasteiger partial charge in [-0.2, -0.15) is 26.3 Å². The van der Waals surface area contributed by atoms with Gasteiger partial charge in [0, 0.05) is 18.8 Å². The number of hydrogen-bond donors (Lipinski definition) is 1. The molecule has 1 aromatic heterocycles. The topological polar surface area (TPSA) is 71.3 Å². The molecule has 1 saturated heterocycles. The average molecular weight is 408 g/mol. The van der Waals surface area contributed by atoms with E-state index in [2.05, 4.69) is 19.9 Å². The van der Waals surface area contributed by atoms with Gasteiger partial charge in [-0.15, -0.1) is 10.2 Å². The lowest BCUT2D eigenvalue weighted by molar-refractivity contribution is -0.157. The number of aromatic nitrogens is 2. The van der Waals surface area contributed by atoms with Crippen molar-refractivity contribution in [2.75, 3.05) is 18.4 Å². The van der Waals surface area contributed by atoms with E-state index in [0.29, 0.717) is 19.4 Å². The Hall–Kier alpha value is -2.79. The second-order valence-electron chi connectivity index (χ2n) is 6.24. The maximum atomic E-state index is 12.8. The molecule has 0 bridgehead atoms. The Morgan fingerprint density at radius 1 is 1.14 bits per heavy atom. The second kappa shape index (κ2) is 7.32. The molecule has 1 aromatic carbocycles. The first kappa shape index (κ1) is 20.0. The highest BCUT2D eigenvalue weighted by Crippen LogP contribution is 2.33. The van der Waals surface area contributed by atoms with E-state index >= 15 is 0 Å². The number of urea groups is 1. The number of benzene rings is 1. The van der Waals surface area contributed by atoms with Crippen molar-refractivity contribution in [2.45, 2.75) is 31.1 Å². The summed E-state index contributed by atoms with van der Waals surface area (Å²) in [6.07, 6.45) is -8.41. The van der Waals surface area contributed by atoms with Crippen LogP contribution in [0.15, 0.2) is 28.7 Å². The lowest BCUT2D eigenvalue weighted by Crippen LogP contribution is -2.41. The molecule has 2 heterocycles. The highest BCUT2D eigenvalue weighted by molar-refractivity contribution is 5.89. The van der Waals surface area contributed by atoms with Crippen molar-refractivity contribution >= 4 is 11.7 Å². The molecule has 0 radical (unpaired) electrons. The predicted octanol–water partition coefficient (Wildman–Crippen LogP) is 4.52. The molecule has 12 heteroatoms. The van der Waals surface area contributed by atoms with Gasteiger partial charge in [0.15, 0.2) is 0 Å². The highest BCUT2D eigenvalue weighted by Gasteiger charge is 2.39. The molecule has 28 heavy (non-hydrogen) atoms. The molecule has 3 rings (SSSR count). The monoisotopic (exact) mass is 408 g/mol. The summed E-state index contributed by atoms with van der Waals surface area (Å²) in [5, 5.41) is 8.73. The van der Waals surface area contributed by atoms with Gasteiger partial charge in [0.1, 0.15) is 0 Å². The quantitative estimate of drug-likeness (QED) is 0.742. The van der Waals surface area contributed by atoms with Gasteiger partial charge >= 0.3 is 24.3 Å². The number of nitrogens with one attached hydrogen (secondary N) is 1. The molecule has 1 atom stereocenters. The van der Waals surface area contributed by atoms with Crippen LogP contribution < -0.4 is 5.32 Å². The van der Waals surface area contributed by atoms with Gasteiger partial charge in [-0.3, -0.25) is 0 Å². The van der Waals surface area contributed by atoms with E-state index in [1.807, 2.05) is 0 Å². The van der Waals surface area contributed by atoms with E-state index in [9.17, 15) is 31.1 Å². The van der Waals surface area contributed by atoms with Crippen molar-refractivity contribution in [1.82, 2.24) is 15.1 Å². The number of halogens is 6. The SMILES string of the molecule is O=C(Nc1cccc(C(F)(F)F)c1)N1CCC[C@H](c2nnc(C(F)(F)F)o2)C1. The molecular formula is C16H14F6N4O2. The van der Waals surface area contributed by atoms with Crippen molar-refractivity contribution in [3.8, 4) is 0 Å². The highest BCUT2D eigenvalue weighted by atomic mass is 19.4. The fourth-order valence-electron chi connectivity index (χ4n) is 2.85. The third kappa shape index (κ3) is 4.54. The van der Waals surface area contributed by atoms with E-state index in [1.165, 1.54) is 11.0 Å². The zero-order chi connectivity index (χ0) is 20.5. The Labute approximate surface area is 154 Å². The standard InChI is InChI=1S/C16H14F6N4O2/c17-15(18,19)10-4-1-5-11(7-10)23-14(27)26-6-2-3-9(8-26)12-24-25-13(28-12)16(20,21)22/h1,4-5,7,9H,2-3,6,8H2,(H,23,27)/t9-/m0/s1. The number of rotatable bonds is 2. The minimum absolute atomic E-state index is 0.00425. The number of hydrogen-bond acceptors (Lipinski definition) is 4. The molecular weight excluding hydrogens is 394 g/mol. The first-order valence-electron chi connectivity index (χ1n) is 8.18. The van der Waals surface area contributed by atoms with Gasteiger partial charge in [-0.25, -0.2) is 4.79 Å². The third-order valence-corrected chi connectivity index (χ3v) is 4.18. The number of alkyl halides is 6. The number of nitrogens with zero attached hydrogens (tertiary/aromatic N) is 3. The van der Waals surface area contributed by atoms with Crippen molar-refractivity contribution in [1.29, 1.82) is 0 Å². The van der Waals surface area contributed by atoms with Crippen LogP contribution in [0.4, 0.5) is 36.8 Å². The Morgan fingerprint density at radius 3 is 2.54 bits per heavy atom. The van der Waals surface area contributed by atoms with Gasteiger partial charge in [-0.05, 0) is 31.0 Å². The predicted molar refractivity (Wildman–Crippen MR) is 83.3 cm³/mol. The Kier molecular flexibility index (Phi) is 5.22. The van der Waals surface area contributed by atoms with E-state index in [0.717, 1.165) is 18.2 Å². The largest absolute Gasteiger partial charge is 0.470 e. The van der Waals surface area contributed by atoms with E-state index in [1.54, 1.807) is 0 Å². The summed E-state index contributed by atoms with van der Waals surface area (Å²) >= 11 is 0. The van der Waals surface area contributed by atoms with Crippen LogP contribution in [-0.2, 0) is 12.4 Å². The number of amides is 2. The van der Waals surface area contributed by atoms with E-state index < -0.39 is 35.8 Å². The van der Waals surface area contributed by atoms with Crippen LogP contribution in [0.25, 0.3) is 0 Å². The molecule has 0 saturated carbocycles. The van der Waals surface area contributed by atoms with Gasteiger partial charge in [0.2, 0.25) is 5.89 Å². The number of carbonyl (C=O) groups is 1. The molecule has 1 fully saturated rings. The Balaban J connectivity index is 1.67. The number of piperidine rings is 1. The summed E-state index contributed by atoms with van der Waals surface area (Å²) in [6, 6.07) is 3.48. The molecule has 6 nitrogen and oxygen atoms in total.